The van der Waals surface area contributed by atoms with Gasteiger partial charge in [0.15, 0.2) is 0 Å². The van der Waals surface area contributed by atoms with Gasteiger partial charge in [0.2, 0.25) is 0 Å². The Kier molecular flexibility index (Phi) is 5.35. The Balaban J connectivity index is 2.18. The van der Waals surface area contributed by atoms with Crippen molar-refractivity contribution in [3.63, 3.8) is 0 Å². The first kappa shape index (κ1) is 18.1. The van der Waals surface area contributed by atoms with Crippen LogP contribution >= 0.6 is 11.6 Å². The Morgan fingerprint density at radius 3 is 2.54 bits per heavy atom. The molecule has 1 heterocycles. The highest BCUT2D eigenvalue weighted by atomic mass is 35.5. The first-order valence-corrected chi connectivity index (χ1v) is 8.12. The van der Waals surface area contributed by atoms with Crippen molar-refractivity contribution in [2.24, 2.45) is 5.41 Å². The normalized spacial score (nSPS) is 11.2. The molecule has 2 N–H and O–H groups in total. The maximum Gasteiger partial charge on any atom is 0.0924 e. The number of hydrogen-bond donors (Lipinski definition) is 2. The number of nitrogens with one attached hydrogen (secondary N) is 1. The molecule has 0 aliphatic rings. The number of aliphatic hydroxyl groups is 1. The van der Waals surface area contributed by atoms with E-state index in [0.717, 1.165) is 28.1 Å². The predicted octanol–water partition coefficient (Wildman–Crippen LogP) is 5.37. The maximum absolute atomic E-state index is 9.61. The van der Waals surface area contributed by atoms with Gasteiger partial charge in [-0.2, -0.15) is 0 Å². The molecule has 24 heavy (non-hydrogen) atoms. The SMILES string of the molecule is C=C(NCC(C)(C)C(=C)O)c1ncc(-c2cccc(Cl)c2)cc1C. The van der Waals surface area contributed by atoms with Crippen LogP contribution in [0.1, 0.15) is 25.1 Å². The molecule has 0 radical (unpaired) electrons. The summed E-state index contributed by atoms with van der Waals surface area (Å²) in [6, 6.07) is 9.76. The van der Waals surface area contributed by atoms with Gasteiger partial charge in [0.05, 0.1) is 17.2 Å². The quantitative estimate of drug-likeness (QED) is 0.694. The summed E-state index contributed by atoms with van der Waals surface area (Å²) in [5.41, 5.74) is 4.15. The van der Waals surface area contributed by atoms with Gasteiger partial charge in [-0.15, -0.1) is 0 Å². The molecule has 2 aromatic rings. The van der Waals surface area contributed by atoms with Crippen molar-refractivity contribution in [3.8, 4) is 11.1 Å². The minimum Gasteiger partial charge on any atom is -0.512 e. The number of pyridine rings is 1. The third kappa shape index (κ3) is 4.18. The Bertz CT molecular complexity index is 781. The third-order valence-corrected chi connectivity index (χ3v) is 4.28. The van der Waals surface area contributed by atoms with Gasteiger partial charge in [-0.05, 0) is 36.2 Å². The lowest BCUT2D eigenvalue weighted by Gasteiger charge is -2.25. The van der Waals surface area contributed by atoms with E-state index in [1.165, 1.54) is 0 Å². The molecule has 0 fully saturated rings. The molecule has 0 atom stereocenters. The molecule has 3 nitrogen and oxygen atoms in total. The van der Waals surface area contributed by atoms with E-state index in [0.29, 0.717) is 11.6 Å². The highest BCUT2D eigenvalue weighted by Crippen LogP contribution is 2.26. The predicted molar refractivity (Wildman–Crippen MR) is 102 cm³/mol. The number of nitrogens with zero attached hydrogens (tertiary/aromatic N) is 1. The van der Waals surface area contributed by atoms with E-state index in [2.05, 4.69) is 29.5 Å². The summed E-state index contributed by atoms with van der Waals surface area (Å²) >= 11 is 6.05. The molecule has 0 saturated carbocycles. The van der Waals surface area contributed by atoms with Crippen LogP contribution in [0.4, 0.5) is 0 Å². The third-order valence-electron chi connectivity index (χ3n) is 4.05. The maximum atomic E-state index is 9.61. The topological polar surface area (TPSA) is 45.1 Å². The molecule has 0 aliphatic heterocycles. The van der Waals surface area contributed by atoms with Gasteiger partial charge in [0.1, 0.15) is 0 Å². The largest absolute Gasteiger partial charge is 0.512 e. The van der Waals surface area contributed by atoms with E-state index in [-0.39, 0.29) is 5.76 Å². The molecule has 0 bridgehead atoms. The van der Waals surface area contributed by atoms with Gasteiger partial charge in [0, 0.05) is 28.7 Å². The number of aryl methyl sites for hydroxylation is 1. The molecule has 0 saturated heterocycles. The van der Waals surface area contributed by atoms with Crippen molar-refractivity contribution in [1.29, 1.82) is 0 Å². The Morgan fingerprint density at radius 2 is 1.96 bits per heavy atom. The minimum absolute atomic E-state index is 0.142. The monoisotopic (exact) mass is 342 g/mol. The molecular formula is C20H23ClN2O. The second kappa shape index (κ2) is 7.10. The fraction of sp³-hybridized carbons (Fsp3) is 0.250. The van der Waals surface area contributed by atoms with E-state index >= 15 is 0 Å². The Hall–Kier alpha value is -2.26. The number of hydrogen-bond acceptors (Lipinski definition) is 3. The summed E-state index contributed by atoms with van der Waals surface area (Å²) in [7, 11) is 0. The van der Waals surface area contributed by atoms with Crippen LogP contribution in [-0.4, -0.2) is 16.6 Å². The van der Waals surface area contributed by atoms with Crippen LogP contribution < -0.4 is 5.32 Å². The highest BCUT2D eigenvalue weighted by Gasteiger charge is 2.21. The van der Waals surface area contributed by atoms with Gasteiger partial charge in [-0.1, -0.05) is 50.7 Å². The molecule has 0 aliphatic carbocycles. The van der Waals surface area contributed by atoms with Crippen LogP contribution in [0.2, 0.25) is 5.02 Å². The Labute approximate surface area is 148 Å². The van der Waals surface area contributed by atoms with Crippen LogP contribution in [-0.2, 0) is 0 Å². The lowest BCUT2D eigenvalue weighted by Crippen LogP contribution is -2.30. The summed E-state index contributed by atoms with van der Waals surface area (Å²) in [6.45, 7) is 14.0. The van der Waals surface area contributed by atoms with Gasteiger partial charge >= 0.3 is 0 Å². The van der Waals surface area contributed by atoms with E-state index in [9.17, 15) is 5.11 Å². The fourth-order valence-electron chi connectivity index (χ4n) is 2.23. The molecule has 4 heteroatoms. The number of rotatable bonds is 6. The zero-order valence-electron chi connectivity index (χ0n) is 14.4. The average molecular weight is 343 g/mol. The van der Waals surface area contributed by atoms with Crippen molar-refractivity contribution in [3.05, 3.63) is 71.7 Å². The second-order valence-electron chi connectivity index (χ2n) is 6.56. The van der Waals surface area contributed by atoms with Crippen molar-refractivity contribution in [2.75, 3.05) is 6.54 Å². The molecule has 2 rings (SSSR count). The number of benzene rings is 1. The summed E-state index contributed by atoms with van der Waals surface area (Å²) in [5, 5.41) is 13.5. The molecule has 126 valence electrons. The van der Waals surface area contributed by atoms with Crippen LogP contribution in [0.3, 0.4) is 0 Å². The first-order chi connectivity index (χ1) is 11.2. The van der Waals surface area contributed by atoms with Crippen molar-refractivity contribution in [1.82, 2.24) is 10.3 Å². The molecule has 1 aromatic carbocycles. The lowest BCUT2D eigenvalue weighted by molar-refractivity contribution is 0.259. The first-order valence-electron chi connectivity index (χ1n) is 7.75. The number of aromatic nitrogens is 1. The average Bonchev–Trinajstić information content (AvgIpc) is 2.52. The van der Waals surface area contributed by atoms with E-state index < -0.39 is 5.41 Å². The second-order valence-corrected chi connectivity index (χ2v) is 7.00. The van der Waals surface area contributed by atoms with Crippen molar-refractivity contribution < 1.29 is 5.11 Å². The van der Waals surface area contributed by atoms with Crippen LogP contribution in [0, 0.1) is 12.3 Å². The smallest absolute Gasteiger partial charge is 0.0924 e. The zero-order chi connectivity index (χ0) is 17.9. The van der Waals surface area contributed by atoms with E-state index in [4.69, 9.17) is 11.6 Å². The molecule has 0 unspecified atom stereocenters. The molecular weight excluding hydrogens is 320 g/mol. The molecule has 0 spiro atoms. The van der Waals surface area contributed by atoms with Crippen LogP contribution in [0.25, 0.3) is 16.8 Å². The summed E-state index contributed by atoms with van der Waals surface area (Å²) in [5.74, 6) is 0.142. The zero-order valence-corrected chi connectivity index (χ0v) is 15.1. The van der Waals surface area contributed by atoms with Crippen LogP contribution in [0.5, 0.6) is 0 Å². The van der Waals surface area contributed by atoms with Crippen LogP contribution in [0.15, 0.2) is 55.4 Å². The number of halogens is 1. The summed E-state index contributed by atoms with van der Waals surface area (Å²) < 4.78 is 0. The van der Waals surface area contributed by atoms with E-state index in [1.54, 1.807) is 0 Å². The molecule has 0 amide bonds. The molecule has 1 aromatic heterocycles. The van der Waals surface area contributed by atoms with Gasteiger partial charge in [0.25, 0.3) is 0 Å². The number of aliphatic hydroxyl groups excluding tert-OH is 1. The Morgan fingerprint density at radius 1 is 1.25 bits per heavy atom. The van der Waals surface area contributed by atoms with Gasteiger partial charge < -0.3 is 10.4 Å². The van der Waals surface area contributed by atoms with Gasteiger partial charge in [-0.25, -0.2) is 0 Å². The fourth-order valence-corrected chi connectivity index (χ4v) is 2.42. The van der Waals surface area contributed by atoms with Crippen molar-refractivity contribution in [2.45, 2.75) is 20.8 Å². The van der Waals surface area contributed by atoms with Gasteiger partial charge in [-0.3, -0.25) is 4.98 Å². The minimum atomic E-state index is -0.433. The lowest BCUT2D eigenvalue weighted by atomic mass is 9.91. The summed E-state index contributed by atoms with van der Waals surface area (Å²) in [6.07, 6.45) is 1.82. The highest BCUT2D eigenvalue weighted by molar-refractivity contribution is 6.30. The van der Waals surface area contributed by atoms with Crippen molar-refractivity contribution >= 4 is 17.3 Å². The van der Waals surface area contributed by atoms with E-state index in [1.807, 2.05) is 51.2 Å². The summed E-state index contributed by atoms with van der Waals surface area (Å²) in [4.78, 5) is 4.54. The standard InChI is InChI=1S/C20H23ClN2O/c1-13-9-17(16-7-6-8-18(21)10-16)11-22-19(13)14(2)23-12-20(4,5)15(3)24/h6-11,23-24H,2-3,12H2,1,4-5H3.